The summed E-state index contributed by atoms with van der Waals surface area (Å²) in [6.07, 6.45) is 3.46. The van der Waals surface area contributed by atoms with Crippen LogP contribution in [0.15, 0.2) is 30.5 Å². The first-order chi connectivity index (χ1) is 9.72. The number of aromatic nitrogens is 2. The third-order valence-corrected chi connectivity index (χ3v) is 3.39. The molecule has 1 aliphatic rings. The second-order valence-electron chi connectivity index (χ2n) is 4.84. The SMILES string of the molecule is CCOc1ccccc1-n1ncc(C(=O)O)c1C1CC1. The molecule has 1 aromatic carbocycles. The van der Waals surface area contributed by atoms with Crippen LogP contribution >= 0.6 is 0 Å². The van der Waals surface area contributed by atoms with E-state index in [9.17, 15) is 9.90 Å². The summed E-state index contributed by atoms with van der Waals surface area (Å²) >= 11 is 0. The molecule has 5 nitrogen and oxygen atoms in total. The number of hydrogen-bond donors (Lipinski definition) is 1. The van der Waals surface area contributed by atoms with Gasteiger partial charge in [-0.2, -0.15) is 5.10 Å². The van der Waals surface area contributed by atoms with Crippen LogP contribution in [0.1, 0.15) is 41.7 Å². The zero-order valence-electron chi connectivity index (χ0n) is 11.2. The largest absolute Gasteiger partial charge is 0.492 e. The Hall–Kier alpha value is -2.30. The second-order valence-corrected chi connectivity index (χ2v) is 4.84. The summed E-state index contributed by atoms with van der Waals surface area (Å²) in [5, 5.41) is 13.6. The van der Waals surface area contributed by atoms with E-state index in [1.165, 1.54) is 6.20 Å². The van der Waals surface area contributed by atoms with Gasteiger partial charge in [0.1, 0.15) is 17.0 Å². The smallest absolute Gasteiger partial charge is 0.339 e. The standard InChI is InChI=1S/C15H16N2O3/c1-2-20-13-6-4-3-5-12(13)17-14(10-7-8-10)11(9-16-17)15(18)19/h3-6,9-10H,2,7-8H2,1H3,(H,18,19). The van der Waals surface area contributed by atoms with Crippen molar-refractivity contribution in [1.82, 2.24) is 9.78 Å². The van der Waals surface area contributed by atoms with Gasteiger partial charge in [-0.05, 0) is 31.9 Å². The van der Waals surface area contributed by atoms with E-state index < -0.39 is 5.97 Å². The van der Waals surface area contributed by atoms with Crippen LogP contribution in [0.3, 0.4) is 0 Å². The molecule has 1 aliphatic carbocycles. The Kier molecular flexibility index (Phi) is 3.18. The Balaban J connectivity index is 2.13. The summed E-state index contributed by atoms with van der Waals surface area (Å²) in [5.74, 6) is 0.0854. The van der Waals surface area contributed by atoms with Crippen LogP contribution < -0.4 is 4.74 Å². The van der Waals surface area contributed by atoms with Crippen molar-refractivity contribution in [2.75, 3.05) is 6.61 Å². The summed E-state index contributed by atoms with van der Waals surface area (Å²) in [6, 6.07) is 7.57. The molecule has 0 saturated heterocycles. The van der Waals surface area contributed by atoms with Crippen LogP contribution in [0.2, 0.25) is 0 Å². The van der Waals surface area contributed by atoms with Crippen molar-refractivity contribution in [3.05, 3.63) is 41.7 Å². The summed E-state index contributed by atoms with van der Waals surface area (Å²) in [5.41, 5.74) is 1.87. The topological polar surface area (TPSA) is 64.4 Å². The van der Waals surface area contributed by atoms with Gasteiger partial charge in [0, 0.05) is 5.92 Å². The molecular formula is C15H16N2O3. The van der Waals surface area contributed by atoms with Crippen LogP contribution in [-0.2, 0) is 0 Å². The van der Waals surface area contributed by atoms with Gasteiger partial charge in [-0.3, -0.25) is 0 Å². The van der Waals surface area contributed by atoms with E-state index in [4.69, 9.17) is 4.74 Å². The molecule has 1 aromatic heterocycles. The zero-order chi connectivity index (χ0) is 14.1. The Morgan fingerprint density at radius 1 is 1.45 bits per heavy atom. The number of carboxylic acid groups (broad SMARTS) is 1. The van der Waals surface area contributed by atoms with Crippen molar-refractivity contribution in [3.63, 3.8) is 0 Å². The van der Waals surface area contributed by atoms with Crippen molar-refractivity contribution in [3.8, 4) is 11.4 Å². The third-order valence-electron chi connectivity index (χ3n) is 3.39. The molecular weight excluding hydrogens is 256 g/mol. The van der Waals surface area contributed by atoms with Crippen LogP contribution in [0.25, 0.3) is 5.69 Å². The van der Waals surface area contributed by atoms with Gasteiger partial charge in [-0.15, -0.1) is 0 Å². The molecule has 20 heavy (non-hydrogen) atoms. The van der Waals surface area contributed by atoms with Crippen LogP contribution in [0.4, 0.5) is 0 Å². The molecule has 1 saturated carbocycles. The molecule has 1 fully saturated rings. The summed E-state index contributed by atoms with van der Waals surface area (Å²) in [4.78, 5) is 11.3. The lowest BCUT2D eigenvalue weighted by Gasteiger charge is -2.12. The fourth-order valence-corrected chi connectivity index (χ4v) is 2.37. The molecule has 0 spiro atoms. The van der Waals surface area contributed by atoms with Gasteiger partial charge < -0.3 is 9.84 Å². The summed E-state index contributed by atoms with van der Waals surface area (Å²) in [7, 11) is 0. The summed E-state index contributed by atoms with van der Waals surface area (Å²) < 4.78 is 7.32. The van der Waals surface area contributed by atoms with Gasteiger partial charge in [0.05, 0.1) is 18.5 Å². The Morgan fingerprint density at radius 2 is 2.20 bits per heavy atom. The normalized spacial score (nSPS) is 14.2. The fraction of sp³-hybridized carbons (Fsp3) is 0.333. The molecule has 0 aliphatic heterocycles. The van der Waals surface area contributed by atoms with Crippen molar-refractivity contribution in [1.29, 1.82) is 0 Å². The first-order valence-corrected chi connectivity index (χ1v) is 6.75. The van der Waals surface area contributed by atoms with Gasteiger partial charge in [-0.25, -0.2) is 9.48 Å². The first-order valence-electron chi connectivity index (χ1n) is 6.75. The van der Waals surface area contributed by atoms with E-state index in [2.05, 4.69) is 5.10 Å². The van der Waals surface area contributed by atoms with Crippen LogP contribution in [-0.4, -0.2) is 27.5 Å². The van der Waals surface area contributed by atoms with Crippen molar-refractivity contribution in [2.45, 2.75) is 25.7 Å². The molecule has 5 heteroatoms. The van der Waals surface area contributed by atoms with Crippen molar-refractivity contribution in [2.24, 2.45) is 0 Å². The van der Waals surface area contributed by atoms with E-state index in [1.807, 2.05) is 31.2 Å². The average molecular weight is 272 g/mol. The van der Waals surface area contributed by atoms with Gasteiger partial charge in [0.15, 0.2) is 0 Å². The fourth-order valence-electron chi connectivity index (χ4n) is 2.37. The number of aromatic carboxylic acids is 1. The molecule has 0 unspecified atom stereocenters. The van der Waals surface area contributed by atoms with E-state index in [0.717, 1.165) is 30.0 Å². The van der Waals surface area contributed by atoms with Gasteiger partial charge >= 0.3 is 5.97 Å². The molecule has 3 rings (SSSR count). The minimum Gasteiger partial charge on any atom is -0.492 e. The number of carboxylic acids is 1. The van der Waals surface area contributed by atoms with Crippen molar-refractivity contribution >= 4 is 5.97 Å². The lowest BCUT2D eigenvalue weighted by Crippen LogP contribution is -2.07. The molecule has 1 heterocycles. The minimum absolute atomic E-state index is 0.290. The number of hydrogen-bond acceptors (Lipinski definition) is 3. The summed E-state index contributed by atoms with van der Waals surface area (Å²) in [6.45, 7) is 2.48. The predicted molar refractivity (Wildman–Crippen MR) is 73.7 cm³/mol. The quantitative estimate of drug-likeness (QED) is 0.909. The molecule has 0 bridgehead atoms. The number of para-hydroxylation sites is 2. The number of carbonyl (C=O) groups is 1. The predicted octanol–water partition coefficient (Wildman–Crippen LogP) is 2.85. The van der Waals surface area contributed by atoms with Gasteiger partial charge in [-0.1, -0.05) is 12.1 Å². The maximum Gasteiger partial charge on any atom is 0.339 e. The maximum atomic E-state index is 11.3. The first kappa shape index (κ1) is 12.7. The van der Waals surface area contributed by atoms with Gasteiger partial charge in [0.25, 0.3) is 0 Å². The van der Waals surface area contributed by atoms with Crippen LogP contribution in [0.5, 0.6) is 5.75 Å². The highest BCUT2D eigenvalue weighted by molar-refractivity contribution is 5.89. The van der Waals surface area contributed by atoms with Crippen molar-refractivity contribution < 1.29 is 14.6 Å². The molecule has 104 valence electrons. The molecule has 0 radical (unpaired) electrons. The van der Waals surface area contributed by atoms with E-state index in [1.54, 1.807) is 4.68 Å². The zero-order valence-corrected chi connectivity index (χ0v) is 11.2. The maximum absolute atomic E-state index is 11.3. The number of rotatable bonds is 5. The number of benzene rings is 1. The highest BCUT2D eigenvalue weighted by Gasteiger charge is 2.33. The molecule has 2 aromatic rings. The number of nitrogens with zero attached hydrogens (tertiary/aromatic N) is 2. The average Bonchev–Trinajstić information content (AvgIpc) is 3.18. The monoisotopic (exact) mass is 272 g/mol. The Morgan fingerprint density at radius 3 is 2.85 bits per heavy atom. The highest BCUT2D eigenvalue weighted by Crippen LogP contribution is 2.43. The second kappa shape index (κ2) is 5.00. The Labute approximate surface area is 116 Å². The molecule has 0 amide bonds. The lowest BCUT2D eigenvalue weighted by molar-refractivity contribution is 0.0695. The molecule has 0 atom stereocenters. The van der Waals surface area contributed by atoms with E-state index in [0.29, 0.717) is 18.1 Å². The van der Waals surface area contributed by atoms with E-state index >= 15 is 0 Å². The highest BCUT2D eigenvalue weighted by atomic mass is 16.5. The Bertz CT molecular complexity index is 644. The van der Waals surface area contributed by atoms with Gasteiger partial charge in [0.2, 0.25) is 0 Å². The molecule has 1 N–H and O–H groups in total. The lowest BCUT2D eigenvalue weighted by atomic mass is 10.1. The van der Waals surface area contributed by atoms with Crippen LogP contribution in [0, 0.1) is 0 Å². The van der Waals surface area contributed by atoms with E-state index in [-0.39, 0.29) is 0 Å². The third kappa shape index (κ3) is 2.15. The minimum atomic E-state index is -0.924. The number of ether oxygens (including phenoxy) is 1.